The van der Waals surface area contributed by atoms with E-state index < -0.39 is 5.97 Å². The monoisotopic (exact) mass is 417 g/mol. The van der Waals surface area contributed by atoms with Crippen LogP contribution in [0.1, 0.15) is 49.4 Å². The Morgan fingerprint density at radius 1 is 1.34 bits per heavy atom. The number of carboxylic acid groups (broad SMARTS) is 1. The number of benzene rings is 1. The molecule has 154 valence electrons. The second-order valence-corrected chi connectivity index (χ2v) is 7.79. The molecular weight excluding hydrogens is 396 g/mol. The van der Waals surface area contributed by atoms with Crippen molar-refractivity contribution in [3.05, 3.63) is 23.5 Å². The minimum Gasteiger partial charge on any atom is -0.549 e. The SMILES string of the molecule is COc1cc(/C=N\n2c(SCC(=O)[O-])nnc2C2CCCCC2)cc2c1OCO2. The van der Waals surface area contributed by atoms with E-state index >= 15 is 0 Å². The number of hydrogen-bond donors (Lipinski definition) is 0. The van der Waals surface area contributed by atoms with E-state index in [0.717, 1.165) is 48.8 Å². The molecule has 1 aromatic heterocycles. The molecule has 1 aliphatic carbocycles. The fourth-order valence-electron chi connectivity index (χ4n) is 3.56. The van der Waals surface area contributed by atoms with Gasteiger partial charge in [-0.25, -0.2) is 0 Å². The summed E-state index contributed by atoms with van der Waals surface area (Å²) in [6.45, 7) is 0.146. The molecule has 4 rings (SSSR count). The van der Waals surface area contributed by atoms with Gasteiger partial charge in [0.2, 0.25) is 17.7 Å². The first-order valence-electron chi connectivity index (χ1n) is 9.45. The van der Waals surface area contributed by atoms with E-state index in [4.69, 9.17) is 14.2 Å². The summed E-state index contributed by atoms with van der Waals surface area (Å²) in [4.78, 5) is 10.9. The van der Waals surface area contributed by atoms with Gasteiger partial charge in [0.1, 0.15) is 0 Å². The summed E-state index contributed by atoms with van der Waals surface area (Å²) in [5.74, 6) is 1.37. The highest BCUT2D eigenvalue weighted by Gasteiger charge is 2.24. The molecule has 1 saturated carbocycles. The second kappa shape index (κ2) is 8.73. The van der Waals surface area contributed by atoms with Gasteiger partial charge in [0.15, 0.2) is 17.3 Å². The molecule has 1 fully saturated rings. The molecule has 2 aromatic rings. The quantitative estimate of drug-likeness (QED) is 0.495. The first-order chi connectivity index (χ1) is 14.2. The summed E-state index contributed by atoms with van der Waals surface area (Å²) in [6, 6.07) is 3.61. The van der Waals surface area contributed by atoms with Gasteiger partial charge < -0.3 is 24.1 Å². The molecule has 0 amide bonds. The van der Waals surface area contributed by atoms with Crippen molar-refractivity contribution in [1.82, 2.24) is 14.9 Å². The third-order valence-corrected chi connectivity index (χ3v) is 5.82. The molecule has 0 spiro atoms. The third-order valence-electron chi connectivity index (χ3n) is 4.93. The maximum Gasteiger partial charge on any atom is 0.231 e. The van der Waals surface area contributed by atoms with E-state index in [1.54, 1.807) is 24.1 Å². The fraction of sp³-hybridized carbons (Fsp3) is 0.474. The van der Waals surface area contributed by atoms with Gasteiger partial charge >= 0.3 is 0 Å². The lowest BCUT2D eigenvalue weighted by atomic mass is 9.89. The number of fused-ring (bicyclic) bond motifs is 1. The minimum absolute atomic E-state index is 0.146. The predicted octanol–water partition coefficient (Wildman–Crippen LogP) is 1.79. The zero-order valence-corrected chi connectivity index (χ0v) is 16.8. The highest BCUT2D eigenvalue weighted by molar-refractivity contribution is 7.99. The summed E-state index contributed by atoms with van der Waals surface area (Å²) in [5.41, 5.74) is 0.755. The summed E-state index contributed by atoms with van der Waals surface area (Å²) in [6.07, 6.45) is 7.21. The molecule has 1 aromatic carbocycles. The Balaban J connectivity index is 1.65. The van der Waals surface area contributed by atoms with E-state index in [1.165, 1.54) is 6.42 Å². The second-order valence-electron chi connectivity index (χ2n) is 6.85. The van der Waals surface area contributed by atoms with E-state index in [0.29, 0.717) is 22.4 Å². The Labute approximate surface area is 172 Å². The lowest BCUT2D eigenvalue weighted by Gasteiger charge is -2.20. The van der Waals surface area contributed by atoms with E-state index in [-0.39, 0.29) is 18.5 Å². The molecule has 2 aliphatic rings. The van der Waals surface area contributed by atoms with Crippen LogP contribution in [0.15, 0.2) is 22.4 Å². The standard InChI is InChI=1S/C19H22N4O5S/c1-26-14-7-12(8-15-17(14)28-11-27-15)9-20-23-18(13-5-3-2-4-6-13)21-22-19(23)29-10-16(24)25/h7-9,13H,2-6,10-11H2,1H3,(H,24,25)/p-1/b20-9-. The van der Waals surface area contributed by atoms with Crippen LogP contribution in [-0.2, 0) is 4.79 Å². The first-order valence-corrected chi connectivity index (χ1v) is 10.4. The van der Waals surface area contributed by atoms with Gasteiger partial charge in [-0.1, -0.05) is 31.0 Å². The van der Waals surface area contributed by atoms with Crippen molar-refractivity contribution in [3.8, 4) is 17.2 Å². The van der Waals surface area contributed by atoms with Crippen LogP contribution in [0.3, 0.4) is 0 Å². The summed E-state index contributed by atoms with van der Waals surface area (Å²) in [5, 5.41) is 24.4. The number of aromatic nitrogens is 3. The Bertz CT molecular complexity index is 924. The van der Waals surface area contributed by atoms with Crippen molar-refractivity contribution in [3.63, 3.8) is 0 Å². The van der Waals surface area contributed by atoms with Crippen LogP contribution in [0.2, 0.25) is 0 Å². The Morgan fingerprint density at radius 3 is 2.93 bits per heavy atom. The number of rotatable bonds is 7. The van der Waals surface area contributed by atoms with Gasteiger partial charge in [0.05, 0.1) is 19.3 Å². The first kappa shape index (κ1) is 19.6. The number of hydrogen-bond acceptors (Lipinski definition) is 9. The average Bonchev–Trinajstić information content (AvgIpc) is 3.37. The minimum atomic E-state index is -1.16. The van der Waals surface area contributed by atoms with Crippen LogP contribution < -0.4 is 19.3 Å². The van der Waals surface area contributed by atoms with Gasteiger partial charge in [0.25, 0.3) is 0 Å². The van der Waals surface area contributed by atoms with E-state index in [2.05, 4.69) is 15.3 Å². The average molecular weight is 417 g/mol. The Morgan fingerprint density at radius 2 is 2.17 bits per heavy atom. The van der Waals surface area contributed by atoms with E-state index in [1.807, 2.05) is 6.07 Å². The molecule has 1 aliphatic heterocycles. The number of carbonyl (C=O) groups excluding carboxylic acids is 1. The number of nitrogens with zero attached hydrogens (tertiary/aromatic N) is 4. The molecular formula is C19H21N4O5S-. The molecule has 29 heavy (non-hydrogen) atoms. The zero-order valence-electron chi connectivity index (χ0n) is 16.0. The molecule has 0 atom stereocenters. The van der Waals surface area contributed by atoms with Crippen molar-refractivity contribution in [1.29, 1.82) is 0 Å². The van der Waals surface area contributed by atoms with Crippen LogP contribution in [-0.4, -0.2) is 46.7 Å². The smallest absolute Gasteiger partial charge is 0.231 e. The fourth-order valence-corrected chi connectivity index (χ4v) is 4.17. The molecule has 0 N–H and O–H groups in total. The number of carboxylic acids is 1. The molecule has 0 bridgehead atoms. The highest BCUT2D eigenvalue weighted by Crippen LogP contribution is 2.41. The van der Waals surface area contributed by atoms with Crippen molar-refractivity contribution in [2.75, 3.05) is 19.7 Å². The summed E-state index contributed by atoms with van der Waals surface area (Å²) < 4.78 is 17.9. The number of aliphatic carboxylic acids is 1. The number of methoxy groups -OCH3 is 1. The van der Waals surface area contributed by atoms with Crippen molar-refractivity contribution in [2.45, 2.75) is 43.2 Å². The third kappa shape index (κ3) is 4.31. The summed E-state index contributed by atoms with van der Waals surface area (Å²) >= 11 is 1.05. The number of thioether (sulfide) groups is 1. The van der Waals surface area contributed by atoms with Crippen molar-refractivity contribution < 1.29 is 24.1 Å². The topological polar surface area (TPSA) is 111 Å². The molecule has 2 heterocycles. The number of carbonyl (C=O) groups is 1. The Kier molecular flexibility index (Phi) is 5.89. The van der Waals surface area contributed by atoms with E-state index in [9.17, 15) is 9.90 Å². The molecule has 0 saturated heterocycles. The zero-order chi connectivity index (χ0) is 20.2. The van der Waals surface area contributed by atoms with Gasteiger partial charge in [-0.05, 0) is 25.0 Å². The molecule has 10 heteroatoms. The molecule has 0 unspecified atom stereocenters. The molecule has 9 nitrogen and oxygen atoms in total. The van der Waals surface area contributed by atoms with Gasteiger partial charge in [0, 0.05) is 17.2 Å². The van der Waals surface area contributed by atoms with Gasteiger partial charge in [-0.2, -0.15) is 9.78 Å². The predicted molar refractivity (Wildman–Crippen MR) is 104 cm³/mol. The number of ether oxygens (including phenoxy) is 3. The highest BCUT2D eigenvalue weighted by atomic mass is 32.2. The summed E-state index contributed by atoms with van der Waals surface area (Å²) in [7, 11) is 1.56. The molecule has 0 radical (unpaired) electrons. The van der Waals surface area contributed by atoms with Crippen LogP contribution in [0.4, 0.5) is 0 Å². The van der Waals surface area contributed by atoms with Crippen LogP contribution in [0.25, 0.3) is 0 Å². The lowest BCUT2D eigenvalue weighted by Crippen LogP contribution is -2.24. The lowest BCUT2D eigenvalue weighted by molar-refractivity contribution is -0.301. The van der Waals surface area contributed by atoms with Crippen LogP contribution in [0, 0.1) is 0 Å². The van der Waals surface area contributed by atoms with Crippen LogP contribution >= 0.6 is 11.8 Å². The van der Waals surface area contributed by atoms with Crippen molar-refractivity contribution in [2.24, 2.45) is 5.10 Å². The van der Waals surface area contributed by atoms with Gasteiger partial charge in [-0.15, -0.1) is 10.2 Å². The van der Waals surface area contributed by atoms with Gasteiger partial charge in [-0.3, -0.25) is 0 Å². The van der Waals surface area contributed by atoms with Crippen molar-refractivity contribution >= 4 is 23.9 Å². The maximum absolute atomic E-state index is 10.9. The van der Waals surface area contributed by atoms with Crippen LogP contribution in [0.5, 0.6) is 17.2 Å². The maximum atomic E-state index is 10.9. The Hall–Kier alpha value is -2.75. The largest absolute Gasteiger partial charge is 0.549 e. The normalized spacial score (nSPS) is 16.4.